The number of carbonyl (C=O) groups is 1. The summed E-state index contributed by atoms with van der Waals surface area (Å²) in [4.78, 5) is 11.8. The van der Waals surface area contributed by atoms with Crippen molar-refractivity contribution in [2.45, 2.75) is 13.3 Å². The number of anilines is 1. The number of hydrogen-bond donors (Lipinski definition) is 2. The highest BCUT2D eigenvalue weighted by molar-refractivity contribution is 5.89. The van der Waals surface area contributed by atoms with Gasteiger partial charge < -0.3 is 20.1 Å². The smallest absolute Gasteiger partial charge is 0.319 e. The first-order valence-corrected chi connectivity index (χ1v) is 7.45. The largest absolute Gasteiger partial charge is 0.493 e. The molecule has 122 valence electrons. The Labute approximate surface area is 136 Å². The van der Waals surface area contributed by atoms with Crippen molar-refractivity contribution < 1.29 is 14.3 Å². The summed E-state index contributed by atoms with van der Waals surface area (Å²) in [6.45, 7) is 2.55. The van der Waals surface area contributed by atoms with Crippen LogP contribution in [0.2, 0.25) is 0 Å². The van der Waals surface area contributed by atoms with Crippen LogP contribution in [0.1, 0.15) is 11.1 Å². The lowest BCUT2D eigenvalue weighted by Gasteiger charge is -2.13. The predicted octanol–water partition coefficient (Wildman–Crippen LogP) is 3.38. The number of hydrogen-bond acceptors (Lipinski definition) is 3. The van der Waals surface area contributed by atoms with Crippen LogP contribution in [0, 0.1) is 6.92 Å². The maximum atomic E-state index is 11.8. The van der Waals surface area contributed by atoms with Crippen molar-refractivity contribution in [2.75, 3.05) is 26.1 Å². The van der Waals surface area contributed by atoms with E-state index in [9.17, 15) is 4.79 Å². The molecule has 0 heterocycles. The fourth-order valence-corrected chi connectivity index (χ4v) is 2.30. The number of para-hydroxylation sites is 1. The first-order chi connectivity index (χ1) is 11.1. The van der Waals surface area contributed by atoms with Crippen LogP contribution in [0.25, 0.3) is 0 Å². The van der Waals surface area contributed by atoms with E-state index in [1.54, 1.807) is 14.2 Å². The maximum Gasteiger partial charge on any atom is 0.319 e. The van der Waals surface area contributed by atoms with E-state index in [2.05, 4.69) is 10.6 Å². The number of rotatable bonds is 6. The van der Waals surface area contributed by atoms with Crippen LogP contribution in [0.5, 0.6) is 11.5 Å². The summed E-state index contributed by atoms with van der Waals surface area (Å²) in [5, 5.41) is 5.64. The summed E-state index contributed by atoms with van der Waals surface area (Å²) in [6.07, 6.45) is 0.717. The SMILES string of the molecule is COc1cc(C)c(CCNC(=O)Nc2ccccc2)cc1OC. The van der Waals surface area contributed by atoms with E-state index in [4.69, 9.17) is 9.47 Å². The zero-order valence-electron chi connectivity index (χ0n) is 13.7. The molecule has 0 aliphatic rings. The molecule has 0 bridgehead atoms. The van der Waals surface area contributed by atoms with Crippen molar-refractivity contribution in [1.29, 1.82) is 0 Å². The molecule has 0 spiro atoms. The molecule has 2 aromatic carbocycles. The van der Waals surface area contributed by atoms with Crippen LogP contribution < -0.4 is 20.1 Å². The minimum Gasteiger partial charge on any atom is -0.493 e. The second kappa shape index (κ2) is 8.08. The van der Waals surface area contributed by atoms with Gasteiger partial charge in [-0.05, 0) is 48.7 Å². The molecule has 5 nitrogen and oxygen atoms in total. The Morgan fingerprint density at radius 2 is 1.70 bits per heavy atom. The van der Waals surface area contributed by atoms with Gasteiger partial charge >= 0.3 is 6.03 Å². The fourth-order valence-electron chi connectivity index (χ4n) is 2.30. The lowest BCUT2D eigenvalue weighted by atomic mass is 10.0. The number of carbonyl (C=O) groups excluding carboxylic acids is 1. The highest BCUT2D eigenvalue weighted by Gasteiger charge is 2.09. The number of methoxy groups -OCH3 is 2. The average Bonchev–Trinajstić information content (AvgIpc) is 2.56. The van der Waals surface area contributed by atoms with Crippen LogP contribution >= 0.6 is 0 Å². The van der Waals surface area contributed by atoms with E-state index >= 15 is 0 Å². The molecule has 2 amide bonds. The number of amides is 2. The van der Waals surface area contributed by atoms with Crippen LogP contribution in [-0.2, 0) is 6.42 Å². The summed E-state index contributed by atoms with van der Waals surface area (Å²) < 4.78 is 10.6. The Kier molecular flexibility index (Phi) is 5.86. The van der Waals surface area contributed by atoms with Gasteiger partial charge in [-0.2, -0.15) is 0 Å². The molecule has 0 saturated heterocycles. The second-order valence-electron chi connectivity index (χ2n) is 5.13. The summed E-state index contributed by atoms with van der Waals surface area (Å²) >= 11 is 0. The normalized spacial score (nSPS) is 10.0. The lowest BCUT2D eigenvalue weighted by Crippen LogP contribution is -2.30. The molecule has 0 aliphatic heterocycles. The van der Waals surface area contributed by atoms with Gasteiger partial charge in [-0.15, -0.1) is 0 Å². The third-order valence-corrected chi connectivity index (χ3v) is 3.55. The van der Waals surface area contributed by atoms with Crippen molar-refractivity contribution in [1.82, 2.24) is 5.32 Å². The van der Waals surface area contributed by atoms with Gasteiger partial charge in [0.1, 0.15) is 0 Å². The Hall–Kier alpha value is -2.69. The average molecular weight is 314 g/mol. The predicted molar refractivity (Wildman–Crippen MR) is 91.5 cm³/mol. The lowest BCUT2D eigenvalue weighted by molar-refractivity contribution is 0.252. The van der Waals surface area contributed by atoms with Crippen molar-refractivity contribution in [3.63, 3.8) is 0 Å². The van der Waals surface area contributed by atoms with Crippen molar-refractivity contribution in [2.24, 2.45) is 0 Å². The number of ether oxygens (including phenoxy) is 2. The monoisotopic (exact) mass is 314 g/mol. The molecular weight excluding hydrogens is 292 g/mol. The zero-order chi connectivity index (χ0) is 16.7. The molecule has 2 rings (SSSR count). The standard InChI is InChI=1S/C18H22N2O3/c1-13-11-16(22-2)17(23-3)12-14(13)9-10-19-18(21)20-15-7-5-4-6-8-15/h4-8,11-12H,9-10H2,1-3H3,(H2,19,20,21). The van der Waals surface area contributed by atoms with Crippen molar-refractivity contribution in [3.8, 4) is 11.5 Å². The molecular formula is C18H22N2O3. The van der Waals surface area contributed by atoms with Gasteiger partial charge in [0.05, 0.1) is 14.2 Å². The summed E-state index contributed by atoms with van der Waals surface area (Å²) in [7, 11) is 3.23. The maximum absolute atomic E-state index is 11.8. The third kappa shape index (κ3) is 4.64. The van der Waals surface area contributed by atoms with Crippen molar-refractivity contribution in [3.05, 3.63) is 53.6 Å². The van der Waals surface area contributed by atoms with Crippen molar-refractivity contribution >= 4 is 11.7 Å². The molecule has 0 unspecified atom stereocenters. The van der Waals surface area contributed by atoms with E-state index < -0.39 is 0 Å². The molecule has 0 aromatic heterocycles. The van der Waals surface area contributed by atoms with Crippen LogP contribution in [0.3, 0.4) is 0 Å². The van der Waals surface area contributed by atoms with Crippen LogP contribution in [-0.4, -0.2) is 26.8 Å². The molecule has 2 aromatic rings. The van der Waals surface area contributed by atoms with Gasteiger partial charge in [0.2, 0.25) is 0 Å². The van der Waals surface area contributed by atoms with E-state index in [0.717, 1.165) is 16.8 Å². The van der Waals surface area contributed by atoms with Gasteiger partial charge in [0.25, 0.3) is 0 Å². The van der Waals surface area contributed by atoms with Gasteiger partial charge in [-0.25, -0.2) is 4.79 Å². The van der Waals surface area contributed by atoms with E-state index in [-0.39, 0.29) is 6.03 Å². The summed E-state index contributed by atoms with van der Waals surface area (Å²) in [5.41, 5.74) is 2.99. The molecule has 0 radical (unpaired) electrons. The van der Waals surface area contributed by atoms with Gasteiger partial charge in [0.15, 0.2) is 11.5 Å². The van der Waals surface area contributed by atoms with Crippen LogP contribution in [0.4, 0.5) is 10.5 Å². The fraction of sp³-hybridized carbons (Fsp3) is 0.278. The molecule has 0 fully saturated rings. The molecule has 0 aliphatic carbocycles. The number of aryl methyl sites for hydroxylation is 1. The topological polar surface area (TPSA) is 59.6 Å². The highest BCUT2D eigenvalue weighted by atomic mass is 16.5. The van der Waals surface area contributed by atoms with Crippen LogP contribution in [0.15, 0.2) is 42.5 Å². The Bertz CT molecular complexity index is 657. The molecule has 5 heteroatoms. The Morgan fingerprint density at radius 3 is 2.35 bits per heavy atom. The van der Waals surface area contributed by atoms with Gasteiger partial charge in [-0.3, -0.25) is 0 Å². The highest BCUT2D eigenvalue weighted by Crippen LogP contribution is 2.30. The zero-order valence-corrected chi connectivity index (χ0v) is 13.7. The van der Waals surface area contributed by atoms with E-state index in [0.29, 0.717) is 24.5 Å². The van der Waals surface area contributed by atoms with Gasteiger partial charge in [0, 0.05) is 12.2 Å². The quantitative estimate of drug-likeness (QED) is 0.859. The van der Waals surface area contributed by atoms with E-state index in [1.807, 2.05) is 49.4 Å². The first kappa shape index (κ1) is 16.7. The van der Waals surface area contributed by atoms with Gasteiger partial charge in [-0.1, -0.05) is 18.2 Å². The Morgan fingerprint density at radius 1 is 1.04 bits per heavy atom. The number of urea groups is 1. The molecule has 23 heavy (non-hydrogen) atoms. The minimum atomic E-state index is -0.214. The molecule has 0 atom stereocenters. The third-order valence-electron chi connectivity index (χ3n) is 3.55. The minimum absolute atomic E-state index is 0.214. The number of nitrogens with one attached hydrogen (secondary N) is 2. The Balaban J connectivity index is 1.90. The molecule has 0 saturated carbocycles. The molecule has 2 N–H and O–H groups in total. The summed E-state index contributed by atoms with van der Waals surface area (Å²) in [6, 6.07) is 13.0. The second-order valence-corrected chi connectivity index (χ2v) is 5.13. The number of benzene rings is 2. The first-order valence-electron chi connectivity index (χ1n) is 7.45. The summed E-state index contributed by atoms with van der Waals surface area (Å²) in [5.74, 6) is 1.41. The van der Waals surface area contributed by atoms with E-state index in [1.165, 1.54) is 0 Å².